The van der Waals surface area contributed by atoms with Crippen LogP contribution in [0.4, 0.5) is 10.1 Å². The van der Waals surface area contributed by atoms with Crippen molar-refractivity contribution in [1.29, 1.82) is 0 Å². The molecule has 138 valence electrons. The van der Waals surface area contributed by atoms with Gasteiger partial charge in [-0.2, -0.15) is 0 Å². The Morgan fingerprint density at radius 3 is 2.50 bits per heavy atom. The zero-order chi connectivity index (χ0) is 19.5. The Labute approximate surface area is 157 Å². The molecule has 2 aromatic rings. The molecule has 26 heavy (non-hydrogen) atoms. The fourth-order valence-electron chi connectivity index (χ4n) is 1.84. The van der Waals surface area contributed by atoms with Gasteiger partial charge in [0.05, 0.1) is 16.3 Å². The van der Waals surface area contributed by atoms with Gasteiger partial charge in [0, 0.05) is 5.02 Å². The van der Waals surface area contributed by atoms with Crippen molar-refractivity contribution in [2.24, 2.45) is 5.14 Å². The molecule has 0 fully saturated rings. The number of anilines is 1. The summed E-state index contributed by atoms with van der Waals surface area (Å²) in [7, 11) is -4.14. The van der Waals surface area contributed by atoms with Crippen molar-refractivity contribution < 1.29 is 27.1 Å². The van der Waals surface area contributed by atoms with E-state index in [9.17, 15) is 22.4 Å². The number of ether oxygens (including phenoxy) is 1. The summed E-state index contributed by atoms with van der Waals surface area (Å²) in [5.74, 6) is -2.53. The Morgan fingerprint density at radius 1 is 1.15 bits per heavy atom. The molecule has 3 N–H and O–H groups in total. The van der Waals surface area contributed by atoms with Gasteiger partial charge in [0.2, 0.25) is 10.0 Å². The predicted molar refractivity (Wildman–Crippen MR) is 93.1 cm³/mol. The second kappa shape index (κ2) is 8.00. The minimum Gasteiger partial charge on any atom is -0.452 e. The number of carbonyl (C=O) groups is 2. The van der Waals surface area contributed by atoms with Crippen LogP contribution in [0.5, 0.6) is 0 Å². The minimum absolute atomic E-state index is 0.168. The standard InChI is InChI=1S/C15H11Cl2FN2O5S/c16-9-2-4-11(18)12(6-9)20-14(21)7-25-15(22)8-1-3-10(17)13(5-8)26(19,23)24/h1-6H,7H2,(H,20,21)(H2,19,23,24). The van der Waals surface area contributed by atoms with Gasteiger partial charge >= 0.3 is 5.97 Å². The maximum absolute atomic E-state index is 13.5. The third kappa shape index (κ3) is 5.15. The third-order valence-corrected chi connectivity index (χ3v) is 4.64. The van der Waals surface area contributed by atoms with Gasteiger partial charge in [0.25, 0.3) is 5.91 Å². The number of nitrogens with two attached hydrogens (primary N) is 1. The second-order valence-electron chi connectivity index (χ2n) is 4.94. The van der Waals surface area contributed by atoms with Gasteiger partial charge in [-0.05, 0) is 36.4 Å². The van der Waals surface area contributed by atoms with Crippen LogP contribution in [-0.4, -0.2) is 26.9 Å². The van der Waals surface area contributed by atoms with Gasteiger partial charge in [-0.15, -0.1) is 0 Å². The monoisotopic (exact) mass is 420 g/mol. The number of benzene rings is 2. The number of halogens is 3. The van der Waals surface area contributed by atoms with Crippen molar-refractivity contribution in [3.8, 4) is 0 Å². The smallest absolute Gasteiger partial charge is 0.338 e. The molecule has 0 saturated heterocycles. The van der Waals surface area contributed by atoms with E-state index in [1.807, 2.05) is 0 Å². The maximum Gasteiger partial charge on any atom is 0.338 e. The number of primary sulfonamides is 1. The lowest BCUT2D eigenvalue weighted by Crippen LogP contribution is -2.21. The summed E-state index contributed by atoms with van der Waals surface area (Å²) in [5, 5.41) is 7.21. The Bertz CT molecular complexity index is 982. The highest BCUT2D eigenvalue weighted by atomic mass is 35.5. The summed E-state index contributed by atoms with van der Waals surface area (Å²) in [6, 6.07) is 6.83. The lowest BCUT2D eigenvalue weighted by molar-refractivity contribution is -0.119. The molecule has 0 spiro atoms. The molecule has 0 aliphatic heterocycles. The normalized spacial score (nSPS) is 11.1. The van der Waals surface area contributed by atoms with E-state index in [4.69, 9.17) is 33.1 Å². The van der Waals surface area contributed by atoms with Crippen molar-refractivity contribution in [3.05, 3.63) is 57.8 Å². The number of hydrogen-bond donors (Lipinski definition) is 2. The lowest BCUT2D eigenvalue weighted by atomic mass is 10.2. The number of rotatable bonds is 5. The second-order valence-corrected chi connectivity index (χ2v) is 7.31. The summed E-state index contributed by atoms with van der Waals surface area (Å²) < 4.78 is 41.1. The summed E-state index contributed by atoms with van der Waals surface area (Å²) in [6.07, 6.45) is 0. The number of carbonyl (C=O) groups excluding carboxylic acids is 2. The average molecular weight is 421 g/mol. The first-order valence-corrected chi connectivity index (χ1v) is 9.12. The number of amides is 1. The molecule has 0 aliphatic rings. The van der Waals surface area contributed by atoms with Gasteiger partial charge in [0.1, 0.15) is 10.7 Å². The topological polar surface area (TPSA) is 116 Å². The van der Waals surface area contributed by atoms with Gasteiger partial charge < -0.3 is 10.1 Å². The zero-order valence-corrected chi connectivity index (χ0v) is 15.2. The molecular formula is C15H11Cl2FN2O5S. The minimum atomic E-state index is -4.14. The first kappa shape index (κ1) is 20.1. The fourth-order valence-corrected chi connectivity index (χ4v) is 3.09. The van der Waals surface area contributed by atoms with Crippen LogP contribution in [0, 0.1) is 5.82 Å². The highest BCUT2D eigenvalue weighted by Crippen LogP contribution is 2.22. The molecule has 11 heteroatoms. The number of hydrogen-bond acceptors (Lipinski definition) is 5. The van der Waals surface area contributed by atoms with Crippen LogP contribution >= 0.6 is 23.2 Å². The number of esters is 1. The van der Waals surface area contributed by atoms with Crippen molar-refractivity contribution in [2.45, 2.75) is 4.90 Å². The Kier molecular flexibility index (Phi) is 6.19. The van der Waals surface area contributed by atoms with Crippen LogP contribution in [0.15, 0.2) is 41.3 Å². The number of sulfonamides is 1. The Morgan fingerprint density at radius 2 is 1.85 bits per heavy atom. The van der Waals surface area contributed by atoms with Crippen LogP contribution < -0.4 is 10.5 Å². The van der Waals surface area contributed by atoms with Crippen molar-refractivity contribution >= 4 is 50.8 Å². The van der Waals surface area contributed by atoms with Gasteiger partial charge in [-0.25, -0.2) is 22.7 Å². The van der Waals surface area contributed by atoms with Crippen LogP contribution in [0.25, 0.3) is 0 Å². The highest BCUT2D eigenvalue weighted by Gasteiger charge is 2.18. The van der Waals surface area contributed by atoms with Crippen LogP contribution in [0.1, 0.15) is 10.4 Å². The van der Waals surface area contributed by atoms with Gasteiger partial charge in [-0.1, -0.05) is 23.2 Å². The molecule has 0 radical (unpaired) electrons. The molecule has 0 bridgehead atoms. The lowest BCUT2D eigenvalue weighted by Gasteiger charge is -2.09. The summed E-state index contributed by atoms with van der Waals surface area (Å²) in [5.41, 5.74) is -0.360. The molecule has 0 heterocycles. The molecule has 1 amide bonds. The van der Waals surface area contributed by atoms with Crippen molar-refractivity contribution in [2.75, 3.05) is 11.9 Å². The fraction of sp³-hybridized carbons (Fsp3) is 0.0667. The van der Waals surface area contributed by atoms with E-state index < -0.39 is 39.2 Å². The molecule has 0 saturated carbocycles. The third-order valence-electron chi connectivity index (χ3n) is 3.01. The molecule has 0 atom stereocenters. The molecule has 0 aromatic heterocycles. The number of nitrogens with one attached hydrogen (secondary N) is 1. The van der Waals surface area contributed by atoms with E-state index in [0.29, 0.717) is 0 Å². The van der Waals surface area contributed by atoms with E-state index in [2.05, 4.69) is 5.32 Å². The van der Waals surface area contributed by atoms with E-state index in [0.717, 1.165) is 18.2 Å². The molecule has 0 unspecified atom stereocenters. The van der Waals surface area contributed by atoms with E-state index in [-0.39, 0.29) is 21.3 Å². The molecule has 2 rings (SSSR count). The van der Waals surface area contributed by atoms with E-state index >= 15 is 0 Å². The Balaban J connectivity index is 2.04. The van der Waals surface area contributed by atoms with Gasteiger partial charge in [-0.3, -0.25) is 4.79 Å². The first-order chi connectivity index (χ1) is 12.1. The maximum atomic E-state index is 13.5. The van der Waals surface area contributed by atoms with Crippen molar-refractivity contribution in [3.63, 3.8) is 0 Å². The molecule has 7 nitrogen and oxygen atoms in total. The van der Waals surface area contributed by atoms with Crippen LogP contribution in [-0.2, 0) is 19.6 Å². The largest absolute Gasteiger partial charge is 0.452 e. The summed E-state index contributed by atoms with van der Waals surface area (Å²) in [4.78, 5) is 23.2. The van der Waals surface area contributed by atoms with Crippen LogP contribution in [0.3, 0.4) is 0 Å². The predicted octanol–water partition coefficient (Wildman–Crippen LogP) is 2.58. The van der Waals surface area contributed by atoms with E-state index in [1.165, 1.54) is 18.2 Å². The van der Waals surface area contributed by atoms with E-state index in [1.54, 1.807) is 0 Å². The molecule has 2 aromatic carbocycles. The average Bonchev–Trinajstić information content (AvgIpc) is 2.55. The van der Waals surface area contributed by atoms with Crippen molar-refractivity contribution in [1.82, 2.24) is 0 Å². The molecular weight excluding hydrogens is 410 g/mol. The van der Waals surface area contributed by atoms with Gasteiger partial charge in [0.15, 0.2) is 6.61 Å². The quantitative estimate of drug-likeness (QED) is 0.720. The Hall–Kier alpha value is -2.20. The SMILES string of the molecule is NS(=O)(=O)c1cc(C(=O)OCC(=O)Nc2cc(Cl)ccc2F)ccc1Cl. The summed E-state index contributed by atoms with van der Waals surface area (Å²) >= 11 is 11.4. The zero-order valence-electron chi connectivity index (χ0n) is 12.8. The van der Waals surface area contributed by atoms with Crippen LogP contribution in [0.2, 0.25) is 10.0 Å². The molecule has 0 aliphatic carbocycles. The highest BCUT2D eigenvalue weighted by molar-refractivity contribution is 7.89. The first-order valence-electron chi connectivity index (χ1n) is 6.82. The summed E-state index contributed by atoms with van der Waals surface area (Å²) in [6.45, 7) is -0.738.